The van der Waals surface area contributed by atoms with Crippen molar-refractivity contribution in [1.29, 1.82) is 0 Å². The van der Waals surface area contributed by atoms with Gasteiger partial charge in [0.1, 0.15) is 11.5 Å². The van der Waals surface area contributed by atoms with E-state index in [1.54, 1.807) is 18.2 Å². The van der Waals surface area contributed by atoms with Gasteiger partial charge in [-0.1, -0.05) is 53.0 Å². The van der Waals surface area contributed by atoms with Crippen molar-refractivity contribution >= 4 is 63.7 Å². The molecule has 2 aromatic heterocycles. The van der Waals surface area contributed by atoms with Gasteiger partial charge in [-0.15, -0.1) is 21.5 Å². The van der Waals surface area contributed by atoms with Crippen LogP contribution in [0.25, 0.3) is 5.00 Å². The Kier molecular flexibility index (Phi) is 6.81. The molecule has 0 unspecified atom stereocenters. The molecule has 1 aliphatic rings. The molecule has 0 aliphatic carbocycles. The highest BCUT2D eigenvalue weighted by molar-refractivity contribution is 7.15. The summed E-state index contributed by atoms with van der Waals surface area (Å²) < 4.78 is 1.81. The van der Waals surface area contributed by atoms with Crippen molar-refractivity contribution in [2.24, 2.45) is 4.99 Å². The predicted molar refractivity (Wildman–Crippen MR) is 139 cm³/mol. The number of nitrogens with zero attached hydrogens (tertiary/aromatic N) is 4. The summed E-state index contributed by atoms with van der Waals surface area (Å²) in [6.45, 7) is 0.295. The van der Waals surface area contributed by atoms with E-state index < -0.39 is 5.97 Å². The van der Waals surface area contributed by atoms with E-state index in [0.717, 1.165) is 11.1 Å². The van der Waals surface area contributed by atoms with Crippen molar-refractivity contribution in [3.63, 3.8) is 0 Å². The van der Waals surface area contributed by atoms with E-state index in [9.17, 15) is 14.7 Å². The zero-order valence-corrected chi connectivity index (χ0v) is 21.4. The lowest BCUT2D eigenvalue weighted by atomic mass is 10.0. The average molecular weight is 561 g/mol. The van der Waals surface area contributed by atoms with Gasteiger partial charge >= 0.3 is 5.97 Å². The van der Waals surface area contributed by atoms with E-state index in [1.807, 2.05) is 28.8 Å². The van der Waals surface area contributed by atoms with E-state index in [1.165, 1.54) is 17.4 Å². The van der Waals surface area contributed by atoms with Gasteiger partial charge in [-0.3, -0.25) is 19.1 Å². The highest BCUT2D eigenvalue weighted by Crippen LogP contribution is 2.35. The molecule has 4 aromatic rings. The molecular weight excluding hydrogens is 545 g/mol. The van der Waals surface area contributed by atoms with E-state index in [2.05, 4.69) is 15.5 Å². The number of carbonyl (C=O) groups is 2. The van der Waals surface area contributed by atoms with Crippen LogP contribution in [0, 0.1) is 0 Å². The van der Waals surface area contributed by atoms with Crippen LogP contribution in [-0.4, -0.2) is 37.5 Å². The summed E-state index contributed by atoms with van der Waals surface area (Å²) in [5.41, 5.74) is 2.44. The predicted octanol–water partition coefficient (Wildman–Crippen LogP) is 5.20. The number of aromatic nitrogens is 3. The molecule has 1 amide bonds. The first-order valence-corrected chi connectivity index (χ1v) is 12.6. The topological polar surface area (TPSA) is 109 Å². The average Bonchev–Trinajstić information content (AvgIpc) is 3.40. The lowest BCUT2D eigenvalue weighted by Crippen LogP contribution is -2.24. The van der Waals surface area contributed by atoms with Crippen molar-refractivity contribution in [3.8, 4) is 5.00 Å². The minimum absolute atomic E-state index is 0.0686. The van der Waals surface area contributed by atoms with E-state index >= 15 is 0 Å². The van der Waals surface area contributed by atoms with Gasteiger partial charge in [0.05, 0.1) is 28.7 Å². The molecule has 1 aliphatic heterocycles. The molecule has 36 heavy (non-hydrogen) atoms. The summed E-state index contributed by atoms with van der Waals surface area (Å²) in [6.07, 6.45) is -0.145. The molecule has 0 saturated carbocycles. The number of rotatable bonds is 6. The molecule has 3 heterocycles. The SMILES string of the molecule is O=C(O)Cc1cc2c(s1)-n1c(nnc1CNC(=O)c1ccc(Cl)c(Cl)c1)CN=C2c1ccccc1Cl. The van der Waals surface area contributed by atoms with Crippen LogP contribution < -0.4 is 5.32 Å². The molecule has 0 saturated heterocycles. The Morgan fingerprint density at radius 1 is 1.00 bits per heavy atom. The zero-order chi connectivity index (χ0) is 25.4. The number of carboxylic acid groups (broad SMARTS) is 1. The number of hydrogen-bond acceptors (Lipinski definition) is 6. The highest BCUT2D eigenvalue weighted by Gasteiger charge is 2.27. The Hall–Kier alpha value is -3.24. The van der Waals surface area contributed by atoms with Crippen LogP contribution in [0.1, 0.15) is 38.0 Å². The number of nitrogens with one attached hydrogen (secondary N) is 1. The Bertz CT molecular complexity index is 1550. The third-order valence-electron chi connectivity index (χ3n) is 5.44. The fourth-order valence-corrected chi connectivity index (χ4v) is 5.54. The van der Waals surface area contributed by atoms with Crippen LogP contribution in [0.5, 0.6) is 0 Å². The Labute approximate surface area is 224 Å². The Morgan fingerprint density at radius 2 is 1.81 bits per heavy atom. The maximum Gasteiger partial charge on any atom is 0.308 e. The summed E-state index contributed by atoms with van der Waals surface area (Å²) in [4.78, 5) is 29.5. The highest BCUT2D eigenvalue weighted by atomic mass is 35.5. The minimum Gasteiger partial charge on any atom is -0.481 e. The molecule has 12 heteroatoms. The number of carboxylic acids is 1. The first kappa shape index (κ1) is 24.5. The molecule has 182 valence electrons. The van der Waals surface area contributed by atoms with E-state index in [-0.39, 0.29) is 30.4 Å². The summed E-state index contributed by atoms with van der Waals surface area (Å²) in [6, 6.07) is 13.8. The fraction of sp³-hybridized carbons (Fsp3) is 0.125. The third kappa shape index (κ3) is 4.75. The van der Waals surface area contributed by atoms with Gasteiger partial charge in [-0.05, 0) is 30.3 Å². The van der Waals surface area contributed by atoms with Gasteiger partial charge in [-0.25, -0.2) is 0 Å². The maximum absolute atomic E-state index is 12.7. The number of fused-ring (bicyclic) bond motifs is 3. The smallest absolute Gasteiger partial charge is 0.308 e. The molecule has 0 bridgehead atoms. The summed E-state index contributed by atoms with van der Waals surface area (Å²) in [7, 11) is 0. The number of amides is 1. The monoisotopic (exact) mass is 559 g/mol. The normalized spacial score (nSPS) is 12.4. The Morgan fingerprint density at radius 3 is 2.56 bits per heavy atom. The first-order valence-electron chi connectivity index (χ1n) is 10.6. The van der Waals surface area contributed by atoms with Crippen LogP contribution in [0.15, 0.2) is 53.5 Å². The van der Waals surface area contributed by atoms with Gasteiger partial charge in [-0.2, -0.15) is 0 Å². The van der Waals surface area contributed by atoms with Gasteiger partial charge in [0, 0.05) is 26.6 Å². The second-order valence-electron chi connectivity index (χ2n) is 7.83. The van der Waals surface area contributed by atoms with Crippen LogP contribution in [0.3, 0.4) is 0 Å². The lowest BCUT2D eigenvalue weighted by Gasteiger charge is -2.11. The second-order valence-corrected chi connectivity index (χ2v) is 10.2. The Balaban J connectivity index is 1.52. The van der Waals surface area contributed by atoms with Crippen molar-refractivity contribution in [1.82, 2.24) is 20.1 Å². The molecular formula is C24H16Cl3N5O3S. The fourth-order valence-electron chi connectivity index (χ4n) is 3.83. The van der Waals surface area contributed by atoms with Gasteiger partial charge in [0.2, 0.25) is 0 Å². The van der Waals surface area contributed by atoms with Gasteiger partial charge in [0.15, 0.2) is 11.6 Å². The summed E-state index contributed by atoms with van der Waals surface area (Å²) in [5, 5.41) is 22.6. The van der Waals surface area contributed by atoms with E-state index in [0.29, 0.717) is 42.8 Å². The van der Waals surface area contributed by atoms with E-state index in [4.69, 9.17) is 39.8 Å². The molecule has 0 atom stereocenters. The van der Waals surface area contributed by atoms with Crippen molar-refractivity contribution < 1.29 is 14.7 Å². The molecule has 2 aromatic carbocycles. The molecule has 0 fully saturated rings. The van der Waals surface area contributed by atoms with Crippen LogP contribution in [0.4, 0.5) is 0 Å². The maximum atomic E-state index is 12.7. The van der Waals surface area contributed by atoms with Gasteiger partial charge in [0.25, 0.3) is 5.91 Å². The summed E-state index contributed by atoms with van der Waals surface area (Å²) >= 11 is 19.8. The quantitative estimate of drug-likeness (QED) is 0.337. The third-order valence-corrected chi connectivity index (χ3v) is 7.63. The van der Waals surface area contributed by atoms with Crippen molar-refractivity contribution in [2.45, 2.75) is 19.5 Å². The number of halogens is 3. The van der Waals surface area contributed by atoms with Gasteiger partial charge < -0.3 is 10.4 Å². The van der Waals surface area contributed by atoms with Crippen molar-refractivity contribution in [3.05, 3.63) is 96.8 Å². The summed E-state index contributed by atoms with van der Waals surface area (Å²) in [5.74, 6) is -0.272. The number of aliphatic imine (C=N–C) groups is 1. The zero-order valence-electron chi connectivity index (χ0n) is 18.3. The molecule has 2 N–H and O–H groups in total. The number of aliphatic carboxylic acids is 1. The molecule has 5 rings (SSSR count). The van der Waals surface area contributed by atoms with Crippen LogP contribution >= 0.6 is 46.1 Å². The minimum atomic E-state index is -0.944. The molecule has 0 spiro atoms. The number of hydrogen-bond donors (Lipinski definition) is 2. The number of carbonyl (C=O) groups excluding carboxylic acids is 1. The lowest BCUT2D eigenvalue weighted by molar-refractivity contribution is -0.136. The number of benzene rings is 2. The largest absolute Gasteiger partial charge is 0.481 e. The first-order chi connectivity index (χ1) is 17.3. The number of thiophene rings is 1. The van der Waals surface area contributed by atoms with Crippen LogP contribution in [-0.2, 0) is 24.3 Å². The van der Waals surface area contributed by atoms with Crippen LogP contribution in [0.2, 0.25) is 15.1 Å². The molecule has 8 nitrogen and oxygen atoms in total. The standard InChI is InChI=1S/C24H16Cl3N5O3S/c25-16-4-2-1-3-14(16)22-15-8-13(9-21(33)34)36-24(15)32-19(10-28-22)30-31-20(32)11-29-23(35)12-5-6-17(26)18(27)7-12/h1-8H,9-11H2,(H,29,35)(H,33,34). The molecule has 0 radical (unpaired) electrons. The van der Waals surface area contributed by atoms with Crippen molar-refractivity contribution in [2.75, 3.05) is 0 Å². The second kappa shape index (κ2) is 10.0.